The maximum Gasteiger partial charge on any atom is 0.220 e. The van der Waals surface area contributed by atoms with Crippen molar-refractivity contribution in [1.82, 2.24) is 20.1 Å². The molecule has 0 saturated heterocycles. The van der Waals surface area contributed by atoms with Crippen molar-refractivity contribution in [2.75, 3.05) is 5.75 Å². The van der Waals surface area contributed by atoms with Crippen molar-refractivity contribution >= 4 is 29.3 Å². The summed E-state index contributed by atoms with van der Waals surface area (Å²) in [6.07, 6.45) is 1.95. The van der Waals surface area contributed by atoms with Crippen LogP contribution in [-0.4, -0.2) is 26.4 Å². The lowest BCUT2D eigenvalue weighted by Crippen LogP contribution is -2.29. The van der Waals surface area contributed by atoms with Gasteiger partial charge in [0.15, 0.2) is 5.16 Å². The minimum atomic E-state index is -0.0580. The average molecular weight is 491 g/mol. The van der Waals surface area contributed by atoms with E-state index < -0.39 is 0 Å². The highest BCUT2D eigenvalue weighted by atomic mass is 35.5. The van der Waals surface area contributed by atoms with Gasteiger partial charge < -0.3 is 5.32 Å². The van der Waals surface area contributed by atoms with Gasteiger partial charge in [-0.25, -0.2) is 0 Å². The SMILES string of the molecule is Cc1nnc(SCCCC(=O)NC(Cc2ccccc2)c2ccccc2)n1-c1cccc(Cl)c1. The highest BCUT2D eigenvalue weighted by molar-refractivity contribution is 7.99. The van der Waals surface area contributed by atoms with Gasteiger partial charge in [-0.05, 0) is 49.1 Å². The number of benzene rings is 3. The standard InChI is InChI=1S/C27H27ClN4OS/c1-20-30-31-27(32(20)24-15-8-14-23(28)19-24)34-17-9-16-26(33)29-25(22-12-6-3-7-13-22)18-21-10-4-2-5-11-21/h2-8,10-15,19,25H,9,16-18H2,1H3,(H,29,33). The second kappa shape index (κ2) is 11.9. The van der Waals surface area contributed by atoms with Crippen LogP contribution in [0.4, 0.5) is 0 Å². The molecule has 3 aromatic carbocycles. The maximum absolute atomic E-state index is 12.8. The lowest BCUT2D eigenvalue weighted by molar-refractivity contribution is -0.121. The molecule has 0 radical (unpaired) electrons. The van der Waals surface area contributed by atoms with E-state index in [1.165, 1.54) is 5.56 Å². The molecule has 0 aliphatic heterocycles. The van der Waals surface area contributed by atoms with Crippen molar-refractivity contribution < 1.29 is 4.79 Å². The molecule has 7 heteroatoms. The van der Waals surface area contributed by atoms with Crippen LogP contribution in [0.5, 0.6) is 0 Å². The number of amides is 1. The highest BCUT2D eigenvalue weighted by Gasteiger charge is 2.16. The Balaban J connectivity index is 1.33. The second-order valence-corrected chi connectivity index (χ2v) is 9.52. The van der Waals surface area contributed by atoms with E-state index in [0.29, 0.717) is 11.4 Å². The first-order chi connectivity index (χ1) is 16.6. The molecule has 1 N–H and O–H groups in total. The van der Waals surface area contributed by atoms with Gasteiger partial charge in [-0.3, -0.25) is 9.36 Å². The number of thioether (sulfide) groups is 1. The van der Waals surface area contributed by atoms with Crippen LogP contribution in [-0.2, 0) is 11.2 Å². The lowest BCUT2D eigenvalue weighted by atomic mass is 9.98. The van der Waals surface area contributed by atoms with Gasteiger partial charge in [0, 0.05) is 17.2 Å². The first-order valence-corrected chi connectivity index (χ1v) is 12.7. The van der Waals surface area contributed by atoms with E-state index in [1.54, 1.807) is 11.8 Å². The summed E-state index contributed by atoms with van der Waals surface area (Å²) in [4.78, 5) is 12.8. The van der Waals surface area contributed by atoms with Crippen molar-refractivity contribution in [3.05, 3.63) is 107 Å². The van der Waals surface area contributed by atoms with E-state index in [4.69, 9.17) is 11.6 Å². The van der Waals surface area contributed by atoms with Gasteiger partial charge in [-0.15, -0.1) is 10.2 Å². The molecule has 0 spiro atoms. The Kier molecular flexibility index (Phi) is 8.39. The fraction of sp³-hybridized carbons (Fsp3) is 0.222. The number of hydrogen-bond acceptors (Lipinski definition) is 4. The molecule has 1 amide bonds. The minimum absolute atomic E-state index is 0.0536. The van der Waals surface area contributed by atoms with Crippen molar-refractivity contribution in [2.24, 2.45) is 0 Å². The first kappa shape index (κ1) is 24.0. The number of carbonyl (C=O) groups is 1. The molecule has 174 valence electrons. The quantitative estimate of drug-likeness (QED) is 0.212. The van der Waals surface area contributed by atoms with Gasteiger partial charge >= 0.3 is 0 Å². The second-order valence-electron chi connectivity index (χ2n) is 8.02. The van der Waals surface area contributed by atoms with Crippen molar-refractivity contribution in [3.8, 4) is 5.69 Å². The molecule has 5 nitrogen and oxygen atoms in total. The molecule has 0 bridgehead atoms. The van der Waals surface area contributed by atoms with Crippen LogP contribution in [0, 0.1) is 6.92 Å². The molecule has 34 heavy (non-hydrogen) atoms. The number of halogens is 1. The van der Waals surface area contributed by atoms with Crippen LogP contribution >= 0.6 is 23.4 Å². The van der Waals surface area contributed by atoms with E-state index in [-0.39, 0.29) is 11.9 Å². The summed E-state index contributed by atoms with van der Waals surface area (Å²) in [6, 6.07) is 28.0. The van der Waals surface area contributed by atoms with Crippen molar-refractivity contribution in [3.63, 3.8) is 0 Å². The molecule has 4 aromatic rings. The molecular formula is C27H27ClN4OS. The average Bonchev–Trinajstić information content (AvgIpc) is 3.23. The van der Waals surface area contributed by atoms with Gasteiger partial charge in [0.2, 0.25) is 5.91 Å². The van der Waals surface area contributed by atoms with Gasteiger partial charge in [-0.1, -0.05) is 90.1 Å². The van der Waals surface area contributed by atoms with Gasteiger partial charge in [0.25, 0.3) is 0 Å². The van der Waals surface area contributed by atoms with E-state index in [2.05, 4.69) is 39.8 Å². The summed E-state index contributed by atoms with van der Waals surface area (Å²) in [6.45, 7) is 1.92. The Labute approximate surface area is 209 Å². The van der Waals surface area contributed by atoms with Gasteiger partial charge in [0.1, 0.15) is 5.82 Å². The summed E-state index contributed by atoms with van der Waals surface area (Å²) in [7, 11) is 0. The molecular weight excluding hydrogens is 464 g/mol. The number of nitrogens with one attached hydrogen (secondary N) is 1. The number of carbonyl (C=O) groups excluding carboxylic acids is 1. The van der Waals surface area contributed by atoms with Crippen molar-refractivity contribution in [1.29, 1.82) is 0 Å². The summed E-state index contributed by atoms with van der Waals surface area (Å²) >= 11 is 7.75. The Morgan fingerprint density at radius 1 is 1.00 bits per heavy atom. The zero-order valence-electron chi connectivity index (χ0n) is 19.0. The Morgan fingerprint density at radius 2 is 1.74 bits per heavy atom. The summed E-state index contributed by atoms with van der Waals surface area (Å²) in [5.41, 5.74) is 3.24. The fourth-order valence-electron chi connectivity index (χ4n) is 3.80. The monoisotopic (exact) mass is 490 g/mol. The molecule has 0 fully saturated rings. The zero-order valence-corrected chi connectivity index (χ0v) is 20.6. The smallest absolute Gasteiger partial charge is 0.220 e. The van der Waals surface area contributed by atoms with Crippen LogP contribution in [0.1, 0.15) is 35.8 Å². The van der Waals surface area contributed by atoms with Crippen molar-refractivity contribution in [2.45, 2.75) is 37.4 Å². The van der Waals surface area contributed by atoms with Gasteiger partial charge in [-0.2, -0.15) is 0 Å². The van der Waals surface area contributed by atoms with Crippen LogP contribution in [0.2, 0.25) is 5.02 Å². The minimum Gasteiger partial charge on any atom is -0.349 e. The van der Waals surface area contributed by atoms with Crippen LogP contribution in [0.15, 0.2) is 90.1 Å². The lowest BCUT2D eigenvalue weighted by Gasteiger charge is -2.19. The van der Waals surface area contributed by atoms with E-state index in [9.17, 15) is 4.79 Å². The van der Waals surface area contributed by atoms with E-state index in [0.717, 1.165) is 40.8 Å². The molecule has 4 rings (SSSR count). The molecule has 0 aliphatic rings. The first-order valence-electron chi connectivity index (χ1n) is 11.3. The molecule has 1 heterocycles. The number of nitrogens with zero attached hydrogens (tertiary/aromatic N) is 3. The number of aryl methyl sites for hydroxylation is 1. The third-order valence-corrected chi connectivity index (χ3v) is 6.71. The Hall–Kier alpha value is -3.09. The molecule has 1 aromatic heterocycles. The summed E-state index contributed by atoms with van der Waals surface area (Å²) in [5.74, 6) is 1.62. The fourth-order valence-corrected chi connectivity index (χ4v) is 4.92. The molecule has 0 saturated carbocycles. The number of hydrogen-bond donors (Lipinski definition) is 1. The Morgan fingerprint density at radius 3 is 2.47 bits per heavy atom. The van der Waals surface area contributed by atoms with Gasteiger partial charge in [0.05, 0.1) is 11.7 Å². The zero-order chi connectivity index (χ0) is 23.8. The normalized spacial score (nSPS) is 11.8. The third-order valence-electron chi connectivity index (χ3n) is 5.46. The van der Waals surface area contributed by atoms with E-state index >= 15 is 0 Å². The predicted octanol–water partition coefficient (Wildman–Crippen LogP) is 6.20. The predicted molar refractivity (Wildman–Crippen MR) is 139 cm³/mol. The topological polar surface area (TPSA) is 59.8 Å². The Bertz CT molecular complexity index is 1210. The summed E-state index contributed by atoms with van der Waals surface area (Å²) < 4.78 is 1.99. The molecule has 1 atom stereocenters. The maximum atomic E-state index is 12.8. The molecule has 0 aliphatic carbocycles. The number of rotatable bonds is 10. The number of aromatic nitrogens is 3. The van der Waals surface area contributed by atoms with E-state index in [1.807, 2.05) is 72.2 Å². The van der Waals surface area contributed by atoms with Crippen LogP contribution in [0.3, 0.4) is 0 Å². The largest absolute Gasteiger partial charge is 0.349 e. The van der Waals surface area contributed by atoms with Crippen LogP contribution < -0.4 is 5.32 Å². The highest BCUT2D eigenvalue weighted by Crippen LogP contribution is 2.25. The summed E-state index contributed by atoms with van der Waals surface area (Å²) in [5, 5.41) is 13.2. The molecule has 1 unspecified atom stereocenters. The third kappa shape index (κ3) is 6.49. The van der Waals surface area contributed by atoms with Crippen LogP contribution in [0.25, 0.3) is 5.69 Å².